The Balaban J connectivity index is 2.82. The van der Waals surface area contributed by atoms with Crippen molar-refractivity contribution in [2.24, 2.45) is 0 Å². The number of ether oxygens (including phenoxy) is 1. The largest absolute Gasteiger partial charge is 0.507 e. The van der Waals surface area contributed by atoms with Gasteiger partial charge in [0.15, 0.2) is 0 Å². The molecule has 0 saturated heterocycles. The maximum atomic E-state index is 11.3. The molecule has 1 atom stereocenters. The van der Waals surface area contributed by atoms with Crippen molar-refractivity contribution in [1.82, 2.24) is 0 Å². The SMILES string of the molecule is CCCCCCCCCC(CCCCCCCCOC(=O)CC)c1cc(C(C)(C)C)c(O)c(C(C)(C)C)c1. The highest BCUT2D eigenvalue weighted by Crippen LogP contribution is 2.42. The Labute approximate surface area is 236 Å². The summed E-state index contributed by atoms with van der Waals surface area (Å²) in [5, 5.41) is 11.2. The first kappa shape index (κ1) is 34.5. The minimum Gasteiger partial charge on any atom is -0.507 e. The van der Waals surface area contributed by atoms with E-state index < -0.39 is 0 Å². The van der Waals surface area contributed by atoms with Crippen LogP contribution in [0.5, 0.6) is 5.75 Å². The van der Waals surface area contributed by atoms with Gasteiger partial charge in [0.25, 0.3) is 0 Å². The fraction of sp³-hybridized carbons (Fsp3) is 0.800. The molecule has 0 aliphatic heterocycles. The monoisotopic (exact) mass is 530 g/mol. The van der Waals surface area contributed by atoms with Crippen molar-refractivity contribution >= 4 is 5.97 Å². The lowest BCUT2D eigenvalue weighted by Crippen LogP contribution is -2.18. The summed E-state index contributed by atoms with van der Waals surface area (Å²) in [6.07, 6.45) is 19.4. The van der Waals surface area contributed by atoms with E-state index in [1.165, 1.54) is 89.0 Å². The number of carbonyl (C=O) groups excluding carboxylic acids is 1. The summed E-state index contributed by atoms with van der Waals surface area (Å²) in [6.45, 7) is 18.0. The van der Waals surface area contributed by atoms with Crippen LogP contribution in [0.2, 0.25) is 0 Å². The first-order chi connectivity index (χ1) is 17.9. The number of hydrogen-bond acceptors (Lipinski definition) is 3. The molecule has 0 radical (unpaired) electrons. The van der Waals surface area contributed by atoms with Gasteiger partial charge >= 0.3 is 5.97 Å². The quantitative estimate of drug-likeness (QED) is 0.143. The Kier molecular flexibility index (Phi) is 16.3. The molecule has 220 valence electrons. The van der Waals surface area contributed by atoms with E-state index in [-0.39, 0.29) is 16.8 Å². The topological polar surface area (TPSA) is 46.5 Å². The zero-order chi connectivity index (χ0) is 28.6. The van der Waals surface area contributed by atoms with Crippen LogP contribution in [0, 0.1) is 0 Å². The predicted octanol–water partition coefficient (Wildman–Crippen LogP) is 10.9. The molecule has 1 aromatic rings. The van der Waals surface area contributed by atoms with E-state index >= 15 is 0 Å². The second-order valence-corrected chi connectivity index (χ2v) is 13.6. The van der Waals surface area contributed by atoms with Crippen LogP contribution >= 0.6 is 0 Å². The maximum absolute atomic E-state index is 11.3. The number of phenolic OH excluding ortho intramolecular Hbond substituents is 1. The van der Waals surface area contributed by atoms with E-state index in [1.807, 2.05) is 6.92 Å². The van der Waals surface area contributed by atoms with Crippen molar-refractivity contribution in [1.29, 1.82) is 0 Å². The summed E-state index contributed by atoms with van der Waals surface area (Å²) < 4.78 is 5.19. The van der Waals surface area contributed by atoms with Crippen molar-refractivity contribution in [3.8, 4) is 5.75 Å². The lowest BCUT2D eigenvalue weighted by molar-refractivity contribution is -0.143. The third-order valence-corrected chi connectivity index (χ3v) is 7.87. The van der Waals surface area contributed by atoms with Crippen LogP contribution in [0.15, 0.2) is 12.1 Å². The highest BCUT2D eigenvalue weighted by atomic mass is 16.5. The zero-order valence-corrected chi connectivity index (χ0v) is 26.5. The molecule has 1 aromatic carbocycles. The summed E-state index contributed by atoms with van der Waals surface area (Å²) in [5.74, 6) is 0.963. The van der Waals surface area contributed by atoms with E-state index in [2.05, 4.69) is 60.6 Å². The number of unbranched alkanes of at least 4 members (excludes halogenated alkanes) is 11. The number of esters is 1. The molecular weight excluding hydrogens is 468 g/mol. The Morgan fingerprint density at radius 3 is 1.55 bits per heavy atom. The predicted molar refractivity (Wildman–Crippen MR) is 164 cm³/mol. The normalized spacial score (nSPS) is 13.1. The standard InChI is InChI=1S/C35H62O3/c1-9-11-12-13-14-17-20-23-28(24-21-18-15-16-19-22-25-38-32(36)10-2)29-26-30(34(3,4)5)33(37)31(27-29)35(6,7)8/h26-28,37H,9-25H2,1-8H3. The highest BCUT2D eigenvalue weighted by molar-refractivity contribution is 5.68. The zero-order valence-electron chi connectivity index (χ0n) is 26.5. The maximum Gasteiger partial charge on any atom is 0.305 e. The molecule has 0 aliphatic carbocycles. The van der Waals surface area contributed by atoms with Crippen LogP contribution in [-0.2, 0) is 20.4 Å². The van der Waals surface area contributed by atoms with Crippen LogP contribution in [0.25, 0.3) is 0 Å². The molecular formula is C35H62O3. The van der Waals surface area contributed by atoms with Gasteiger partial charge in [0, 0.05) is 6.42 Å². The Morgan fingerprint density at radius 2 is 1.13 bits per heavy atom. The molecule has 0 spiro atoms. The third kappa shape index (κ3) is 13.5. The van der Waals surface area contributed by atoms with E-state index in [0.29, 0.717) is 24.7 Å². The number of rotatable bonds is 19. The molecule has 1 rings (SSSR count). The average molecular weight is 531 g/mol. The van der Waals surface area contributed by atoms with Gasteiger partial charge in [-0.3, -0.25) is 4.79 Å². The summed E-state index contributed by atoms with van der Waals surface area (Å²) >= 11 is 0. The number of phenols is 1. The Bertz CT molecular complexity index is 746. The molecule has 0 heterocycles. The molecule has 3 nitrogen and oxygen atoms in total. The van der Waals surface area contributed by atoms with Gasteiger partial charge in [-0.15, -0.1) is 0 Å². The molecule has 0 aliphatic rings. The van der Waals surface area contributed by atoms with Crippen LogP contribution in [0.3, 0.4) is 0 Å². The number of benzene rings is 1. The molecule has 0 saturated carbocycles. The summed E-state index contributed by atoms with van der Waals surface area (Å²) in [5.41, 5.74) is 3.44. The lowest BCUT2D eigenvalue weighted by atomic mass is 9.76. The van der Waals surface area contributed by atoms with Gasteiger partial charge in [0.1, 0.15) is 5.75 Å². The van der Waals surface area contributed by atoms with Gasteiger partial charge in [-0.05, 0) is 52.7 Å². The van der Waals surface area contributed by atoms with E-state index in [9.17, 15) is 9.90 Å². The van der Waals surface area contributed by atoms with Gasteiger partial charge in [0.2, 0.25) is 0 Å². The molecule has 1 unspecified atom stereocenters. The Morgan fingerprint density at radius 1 is 0.711 bits per heavy atom. The summed E-state index contributed by atoms with van der Waals surface area (Å²) in [4.78, 5) is 11.3. The van der Waals surface area contributed by atoms with Crippen LogP contribution < -0.4 is 0 Å². The van der Waals surface area contributed by atoms with E-state index in [0.717, 1.165) is 24.0 Å². The van der Waals surface area contributed by atoms with Crippen LogP contribution in [0.1, 0.15) is 181 Å². The van der Waals surface area contributed by atoms with Gasteiger partial charge in [-0.2, -0.15) is 0 Å². The second-order valence-electron chi connectivity index (χ2n) is 13.6. The lowest BCUT2D eigenvalue weighted by Gasteiger charge is -2.30. The summed E-state index contributed by atoms with van der Waals surface area (Å²) in [7, 11) is 0. The first-order valence-corrected chi connectivity index (χ1v) is 15.9. The van der Waals surface area contributed by atoms with Gasteiger partial charge in [-0.25, -0.2) is 0 Å². The van der Waals surface area contributed by atoms with Crippen molar-refractivity contribution in [2.45, 2.75) is 175 Å². The molecule has 0 bridgehead atoms. The number of carbonyl (C=O) groups is 1. The third-order valence-electron chi connectivity index (χ3n) is 7.87. The molecule has 3 heteroatoms. The Hall–Kier alpha value is -1.51. The molecule has 0 aromatic heterocycles. The van der Waals surface area contributed by atoms with Crippen molar-refractivity contribution in [2.75, 3.05) is 6.61 Å². The van der Waals surface area contributed by atoms with E-state index in [1.54, 1.807) is 0 Å². The minimum atomic E-state index is -0.0879. The average Bonchev–Trinajstić information content (AvgIpc) is 2.84. The van der Waals surface area contributed by atoms with Gasteiger partial charge in [-0.1, -0.05) is 145 Å². The van der Waals surface area contributed by atoms with Gasteiger partial charge in [0.05, 0.1) is 6.61 Å². The smallest absolute Gasteiger partial charge is 0.305 e. The number of aromatic hydroxyl groups is 1. The van der Waals surface area contributed by atoms with Crippen LogP contribution in [0.4, 0.5) is 0 Å². The molecule has 0 fully saturated rings. The van der Waals surface area contributed by atoms with Gasteiger partial charge < -0.3 is 9.84 Å². The summed E-state index contributed by atoms with van der Waals surface area (Å²) in [6, 6.07) is 4.65. The van der Waals surface area contributed by atoms with Crippen LogP contribution in [-0.4, -0.2) is 17.7 Å². The molecule has 0 amide bonds. The second kappa shape index (κ2) is 18.0. The first-order valence-electron chi connectivity index (χ1n) is 15.9. The van der Waals surface area contributed by atoms with E-state index in [4.69, 9.17) is 4.74 Å². The number of hydrogen-bond donors (Lipinski definition) is 1. The van der Waals surface area contributed by atoms with Crippen molar-refractivity contribution in [3.05, 3.63) is 28.8 Å². The van der Waals surface area contributed by atoms with Crippen molar-refractivity contribution < 1.29 is 14.6 Å². The fourth-order valence-electron chi connectivity index (χ4n) is 5.35. The molecule has 1 N–H and O–H groups in total. The highest BCUT2D eigenvalue weighted by Gasteiger charge is 2.28. The van der Waals surface area contributed by atoms with Crippen molar-refractivity contribution in [3.63, 3.8) is 0 Å². The minimum absolute atomic E-state index is 0.0875. The molecule has 38 heavy (non-hydrogen) atoms. The fourth-order valence-corrected chi connectivity index (χ4v) is 5.35.